The van der Waals surface area contributed by atoms with E-state index < -0.39 is 10.9 Å². The zero-order valence-corrected chi connectivity index (χ0v) is 14.7. The average Bonchev–Trinajstić information content (AvgIpc) is 2.59. The van der Waals surface area contributed by atoms with Crippen LogP contribution in [0, 0.1) is 10.1 Å². The monoisotopic (exact) mass is 336 g/mol. The van der Waals surface area contributed by atoms with Crippen LogP contribution < -0.4 is 5.32 Å². The normalized spacial score (nSPS) is 10.4. The lowest BCUT2D eigenvalue weighted by Crippen LogP contribution is -2.07. The predicted octanol–water partition coefficient (Wildman–Crippen LogP) is 4.93. The van der Waals surface area contributed by atoms with Crippen LogP contribution in [0.25, 0.3) is 0 Å². The van der Waals surface area contributed by atoms with Crippen LogP contribution in [-0.2, 0) is 4.74 Å². The van der Waals surface area contributed by atoms with Crippen molar-refractivity contribution < 1.29 is 14.5 Å². The number of nitro benzene ring substituents is 1. The fraction of sp³-hybridized carbons (Fsp3) is 0.611. The minimum absolute atomic E-state index is 0.0996. The highest BCUT2D eigenvalue weighted by molar-refractivity contribution is 5.91. The highest BCUT2D eigenvalue weighted by Gasteiger charge is 2.17. The fourth-order valence-corrected chi connectivity index (χ4v) is 2.56. The molecule has 6 nitrogen and oxygen atoms in total. The maximum Gasteiger partial charge on any atom is 0.338 e. The molecule has 0 aliphatic heterocycles. The second-order valence-corrected chi connectivity index (χ2v) is 5.88. The molecule has 24 heavy (non-hydrogen) atoms. The molecule has 0 spiro atoms. The van der Waals surface area contributed by atoms with E-state index in [4.69, 9.17) is 0 Å². The first-order chi connectivity index (χ1) is 11.6. The number of nitro groups is 1. The van der Waals surface area contributed by atoms with E-state index in [-0.39, 0.29) is 11.3 Å². The lowest BCUT2D eigenvalue weighted by atomic mass is 10.1. The SMILES string of the molecule is CCCCCCCCCCNc1ccc(C(=O)OC)cc1[N+](=O)[O-]. The lowest BCUT2D eigenvalue weighted by molar-refractivity contribution is -0.384. The van der Waals surface area contributed by atoms with E-state index in [0.717, 1.165) is 12.8 Å². The van der Waals surface area contributed by atoms with Gasteiger partial charge in [0.15, 0.2) is 0 Å². The molecular weight excluding hydrogens is 308 g/mol. The molecule has 1 aromatic rings. The van der Waals surface area contributed by atoms with Gasteiger partial charge >= 0.3 is 5.97 Å². The molecule has 0 aliphatic carbocycles. The third kappa shape index (κ3) is 6.98. The number of unbranched alkanes of at least 4 members (excludes halogenated alkanes) is 7. The third-order valence-electron chi connectivity index (χ3n) is 3.96. The minimum atomic E-state index is -0.576. The van der Waals surface area contributed by atoms with E-state index in [0.29, 0.717) is 12.2 Å². The number of carbonyl (C=O) groups is 1. The molecule has 1 N–H and O–H groups in total. The number of nitrogens with zero attached hydrogens (tertiary/aromatic N) is 1. The molecule has 0 saturated heterocycles. The van der Waals surface area contributed by atoms with Crippen LogP contribution in [0.5, 0.6) is 0 Å². The molecule has 0 heterocycles. The molecule has 0 aliphatic rings. The van der Waals surface area contributed by atoms with Crippen molar-refractivity contribution in [2.45, 2.75) is 58.3 Å². The smallest absolute Gasteiger partial charge is 0.338 e. The maximum atomic E-state index is 11.5. The third-order valence-corrected chi connectivity index (χ3v) is 3.96. The Labute approximate surface area is 143 Å². The second-order valence-electron chi connectivity index (χ2n) is 5.88. The number of hydrogen-bond acceptors (Lipinski definition) is 5. The Morgan fingerprint density at radius 2 is 1.75 bits per heavy atom. The van der Waals surface area contributed by atoms with Gasteiger partial charge in [-0.05, 0) is 18.6 Å². The summed E-state index contributed by atoms with van der Waals surface area (Å²) in [6, 6.07) is 4.35. The highest BCUT2D eigenvalue weighted by atomic mass is 16.6. The minimum Gasteiger partial charge on any atom is -0.465 e. The van der Waals surface area contributed by atoms with Crippen molar-refractivity contribution in [3.63, 3.8) is 0 Å². The number of rotatable bonds is 12. The van der Waals surface area contributed by atoms with Crippen LogP contribution in [-0.4, -0.2) is 24.5 Å². The van der Waals surface area contributed by atoms with Crippen molar-refractivity contribution in [1.29, 1.82) is 0 Å². The van der Waals surface area contributed by atoms with E-state index in [2.05, 4.69) is 17.0 Å². The lowest BCUT2D eigenvalue weighted by Gasteiger charge is -2.08. The number of carbonyl (C=O) groups excluding carboxylic acids is 1. The second kappa shape index (κ2) is 11.4. The first-order valence-electron chi connectivity index (χ1n) is 8.70. The van der Waals surface area contributed by atoms with Gasteiger partial charge in [0.25, 0.3) is 5.69 Å². The number of nitrogens with one attached hydrogen (secondary N) is 1. The molecule has 6 heteroatoms. The van der Waals surface area contributed by atoms with Crippen molar-refractivity contribution in [1.82, 2.24) is 0 Å². The van der Waals surface area contributed by atoms with Crippen molar-refractivity contribution in [2.24, 2.45) is 0 Å². The van der Waals surface area contributed by atoms with E-state index >= 15 is 0 Å². The topological polar surface area (TPSA) is 81.5 Å². The number of ether oxygens (including phenoxy) is 1. The Kier molecular flexibility index (Phi) is 9.49. The molecule has 1 aromatic carbocycles. The van der Waals surface area contributed by atoms with Crippen LogP contribution in [0.1, 0.15) is 68.6 Å². The summed E-state index contributed by atoms with van der Waals surface area (Å²) in [5, 5.41) is 14.3. The quantitative estimate of drug-likeness (QED) is 0.253. The Morgan fingerprint density at radius 1 is 1.12 bits per heavy atom. The van der Waals surface area contributed by atoms with E-state index in [9.17, 15) is 14.9 Å². The summed E-state index contributed by atoms with van der Waals surface area (Å²) >= 11 is 0. The van der Waals surface area contributed by atoms with Crippen molar-refractivity contribution in [3.05, 3.63) is 33.9 Å². The van der Waals surface area contributed by atoms with Gasteiger partial charge in [-0.15, -0.1) is 0 Å². The standard InChI is InChI=1S/C18H28N2O4/c1-3-4-5-6-7-8-9-10-13-19-16-12-11-15(18(21)24-2)14-17(16)20(22)23/h11-12,14,19H,3-10,13H2,1-2H3. The Balaban J connectivity index is 2.39. The number of benzene rings is 1. The van der Waals surface area contributed by atoms with E-state index in [1.807, 2.05) is 0 Å². The Bertz CT molecular complexity index is 532. The van der Waals surface area contributed by atoms with Crippen molar-refractivity contribution in [3.8, 4) is 0 Å². The van der Waals surface area contributed by atoms with Crippen LogP contribution >= 0.6 is 0 Å². The summed E-state index contributed by atoms with van der Waals surface area (Å²) in [5.74, 6) is -0.576. The van der Waals surface area contributed by atoms with Gasteiger partial charge in [0, 0.05) is 12.6 Å². The van der Waals surface area contributed by atoms with Crippen LogP contribution in [0.2, 0.25) is 0 Å². The summed E-state index contributed by atoms with van der Waals surface area (Å²) < 4.78 is 4.59. The van der Waals surface area contributed by atoms with Gasteiger partial charge in [0.2, 0.25) is 0 Å². The molecular formula is C18H28N2O4. The van der Waals surface area contributed by atoms with Gasteiger partial charge in [-0.1, -0.05) is 51.9 Å². The fourth-order valence-electron chi connectivity index (χ4n) is 2.56. The molecule has 0 aromatic heterocycles. The van der Waals surface area contributed by atoms with Gasteiger partial charge in [-0.3, -0.25) is 10.1 Å². The zero-order valence-electron chi connectivity index (χ0n) is 14.7. The first-order valence-corrected chi connectivity index (χ1v) is 8.70. The van der Waals surface area contributed by atoms with Crippen LogP contribution in [0.15, 0.2) is 18.2 Å². The molecule has 0 bridgehead atoms. The molecule has 0 radical (unpaired) electrons. The average molecular weight is 336 g/mol. The molecule has 0 fully saturated rings. The molecule has 0 saturated carbocycles. The molecule has 0 unspecified atom stereocenters. The largest absolute Gasteiger partial charge is 0.465 e. The Hall–Kier alpha value is -2.11. The van der Waals surface area contributed by atoms with Gasteiger partial charge in [0.1, 0.15) is 5.69 Å². The Morgan fingerprint density at radius 3 is 2.33 bits per heavy atom. The van der Waals surface area contributed by atoms with Crippen molar-refractivity contribution in [2.75, 3.05) is 19.0 Å². The number of methoxy groups -OCH3 is 1. The first kappa shape index (κ1) is 19.9. The summed E-state index contributed by atoms with van der Waals surface area (Å²) in [4.78, 5) is 22.1. The van der Waals surface area contributed by atoms with Gasteiger partial charge in [0.05, 0.1) is 17.6 Å². The van der Waals surface area contributed by atoms with Gasteiger partial charge in [-0.25, -0.2) is 4.79 Å². The summed E-state index contributed by atoms with van der Waals surface area (Å²) in [5.41, 5.74) is 0.523. The van der Waals surface area contributed by atoms with E-state index in [1.54, 1.807) is 6.07 Å². The summed E-state index contributed by atoms with van der Waals surface area (Å²) in [6.45, 7) is 2.90. The highest BCUT2D eigenvalue weighted by Crippen LogP contribution is 2.26. The molecule has 0 atom stereocenters. The molecule has 134 valence electrons. The summed E-state index contributed by atoms with van der Waals surface area (Å²) in [7, 11) is 1.25. The molecule has 1 rings (SSSR count). The number of anilines is 1. The predicted molar refractivity (Wildman–Crippen MR) is 95.5 cm³/mol. The maximum absolute atomic E-state index is 11.5. The zero-order chi connectivity index (χ0) is 17.8. The van der Waals surface area contributed by atoms with Gasteiger partial charge in [-0.2, -0.15) is 0 Å². The summed E-state index contributed by atoms with van der Waals surface area (Å²) in [6.07, 6.45) is 9.74. The van der Waals surface area contributed by atoms with E-state index in [1.165, 1.54) is 57.8 Å². The number of esters is 1. The number of hydrogen-bond donors (Lipinski definition) is 1. The van der Waals surface area contributed by atoms with Crippen LogP contribution in [0.4, 0.5) is 11.4 Å². The van der Waals surface area contributed by atoms with Crippen molar-refractivity contribution >= 4 is 17.3 Å². The van der Waals surface area contributed by atoms with Gasteiger partial charge < -0.3 is 10.1 Å². The van der Waals surface area contributed by atoms with Crippen LogP contribution in [0.3, 0.4) is 0 Å². The molecule has 0 amide bonds.